The number of hydrogen-bond donors (Lipinski definition) is 2. The molecule has 0 fully saturated rings. The summed E-state index contributed by atoms with van der Waals surface area (Å²) in [5.41, 5.74) is 0.770. The van der Waals surface area contributed by atoms with Gasteiger partial charge in [0.2, 0.25) is 0 Å². The lowest BCUT2D eigenvalue weighted by Crippen LogP contribution is -2.27. The zero-order valence-corrected chi connectivity index (χ0v) is 11.2. The van der Waals surface area contributed by atoms with Crippen LogP contribution in [0.3, 0.4) is 0 Å². The Labute approximate surface area is 105 Å². The van der Waals surface area contributed by atoms with E-state index in [2.05, 4.69) is 19.9 Å². The monoisotopic (exact) mass is 269 g/mol. The zero-order chi connectivity index (χ0) is 13.3. The normalized spacial score (nSPS) is 13.7. The highest BCUT2D eigenvalue weighted by Gasteiger charge is 2.21. The predicted molar refractivity (Wildman–Crippen MR) is 65.3 cm³/mol. The van der Waals surface area contributed by atoms with Crippen LogP contribution in [-0.2, 0) is 17.1 Å². The number of sulfonamides is 1. The molecule has 0 saturated heterocycles. The molecule has 7 nitrogen and oxygen atoms in total. The number of nitrogens with zero attached hydrogens (tertiary/aromatic N) is 3. The first-order valence-electron chi connectivity index (χ1n) is 5.41. The van der Waals surface area contributed by atoms with Crippen LogP contribution in [0.4, 0.5) is 0 Å². The van der Waals surface area contributed by atoms with Crippen LogP contribution in [0.2, 0.25) is 0 Å². The van der Waals surface area contributed by atoms with E-state index < -0.39 is 10.0 Å². The van der Waals surface area contributed by atoms with Crippen molar-refractivity contribution >= 4 is 10.0 Å². The Bertz CT molecular complexity index is 610. The number of imidazole rings is 1. The molecule has 18 heavy (non-hydrogen) atoms. The van der Waals surface area contributed by atoms with Gasteiger partial charge < -0.3 is 4.57 Å². The van der Waals surface area contributed by atoms with E-state index in [1.165, 1.54) is 6.20 Å². The number of aromatic nitrogens is 4. The summed E-state index contributed by atoms with van der Waals surface area (Å²) in [6.07, 6.45) is 4.72. The largest absolute Gasteiger partial charge is 0.337 e. The molecular formula is C10H15N5O2S. The molecule has 0 bridgehead atoms. The molecule has 2 heterocycles. The summed E-state index contributed by atoms with van der Waals surface area (Å²) >= 11 is 0. The van der Waals surface area contributed by atoms with Gasteiger partial charge in [-0.1, -0.05) is 0 Å². The summed E-state index contributed by atoms with van der Waals surface area (Å²) in [5.74, 6) is 0.645. The van der Waals surface area contributed by atoms with E-state index in [4.69, 9.17) is 0 Å². The third-order valence-corrected chi connectivity index (χ3v) is 4.12. The fourth-order valence-corrected chi connectivity index (χ4v) is 2.79. The van der Waals surface area contributed by atoms with Crippen LogP contribution < -0.4 is 4.72 Å². The standard InChI is InChI=1S/C10H15N5O2S/c1-7(9-4-11-12-5-9)14-18(16,17)10-6-15(3)8(2)13-10/h4-7,14H,1-3H3,(H,11,12). The molecule has 0 radical (unpaired) electrons. The zero-order valence-electron chi connectivity index (χ0n) is 10.4. The van der Waals surface area contributed by atoms with Gasteiger partial charge in [0, 0.05) is 31.0 Å². The molecule has 0 spiro atoms. The van der Waals surface area contributed by atoms with Crippen molar-refractivity contribution in [2.24, 2.45) is 7.05 Å². The van der Waals surface area contributed by atoms with Crippen LogP contribution >= 0.6 is 0 Å². The molecule has 0 aliphatic rings. The lowest BCUT2D eigenvalue weighted by molar-refractivity contribution is 0.563. The van der Waals surface area contributed by atoms with Gasteiger partial charge in [-0.15, -0.1) is 0 Å². The minimum absolute atomic E-state index is 0.0258. The number of nitrogens with one attached hydrogen (secondary N) is 2. The number of H-pyrrole nitrogens is 1. The van der Waals surface area contributed by atoms with Crippen LogP contribution in [0.25, 0.3) is 0 Å². The Kier molecular flexibility index (Phi) is 3.22. The highest BCUT2D eigenvalue weighted by molar-refractivity contribution is 7.89. The van der Waals surface area contributed by atoms with Crippen molar-refractivity contribution in [2.75, 3.05) is 0 Å². The summed E-state index contributed by atoms with van der Waals surface area (Å²) in [4.78, 5) is 4.01. The SMILES string of the molecule is Cc1nc(S(=O)(=O)NC(C)c2cn[nH]c2)cn1C. The van der Waals surface area contributed by atoms with Gasteiger partial charge in [0.05, 0.1) is 6.20 Å². The van der Waals surface area contributed by atoms with Gasteiger partial charge in [-0.2, -0.15) is 5.10 Å². The lowest BCUT2D eigenvalue weighted by Gasteiger charge is -2.10. The van der Waals surface area contributed by atoms with Crippen molar-refractivity contribution < 1.29 is 8.42 Å². The van der Waals surface area contributed by atoms with Gasteiger partial charge in [0.1, 0.15) is 5.82 Å². The maximum Gasteiger partial charge on any atom is 0.260 e. The van der Waals surface area contributed by atoms with E-state index >= 15 is 0 Å². The Balaban J connectivity index is 2.22. The van der Waals surface area contributed by atoms with Gasteiger partial charge >= 0.3 is 0 Å². The first-order chi connectivity index (χ1) is 8.40. The molecule has 1 atom stereocenters. The quantitative estimate of drug-likeness (QED) is 0.845. The van der Waals surface area contributed by atoms with E-state index in [9.17, 15) is 8.42 Å². The van der Waals surface area contributed by atoms with Crippen molar-refractivity contribution in [3.63, 3.8) is 0 Å². The Morgan fingerprint density at radius 1 is 1.50 bits per heavy atom. The molecule has 98 valence electrons. The van der Waals surface area contributed by atoms with E-state index in [0.29, 0.717) is 5.82 Å². The molecule has 2 aromatic rings. The summed E-state index contributed by atoms with van der Waals surface area (Å²) in [5, 5.41) is 6.46. The molecule has 0 aliphatic carbocycles. The minimum Gasteiger partial charge on any atom is -0.337 e. The maximum atomic E-state index is 12.1. The second-order valence-electron chi connectivity index (χ2n) is 4.11. The van der Waals surface area contributed by atoms with Gasteiger partial charge in [-0.05, 0) is 13.8 Å². The molecular weight excluding hydrogens is 254 g/mol. The number of aryl methyl sites for hydroxylation is 2. The first-order valence-corrected chi connectivity index (χ1v) is 6.89. The number of rotatable bonds is 4. The smallest absolute Gasteiger partial charge is 0.260 e. The predicted octanol–water partition coefficient (Wildman–Crippen LogP) is 0.491. The van der Waals surface area contributed by atoms with Crippen molar-refractivity contribution in [1.29, 1.82) is 0 Å². The molecule has 1 unspecified atom stereocenters. The Morgan fingerprint density at radius 3 is 2.72 bits per heavy atom. The summed E-state index contributed by atoms with van der Waals surface area (Å²) < 4.78 is 28.4. The second-order valence-corrected chi connectivity index (χ2v) is 5.77. The second kappa shape index (κ2) is 4.54. The number of hydrogen-bond acceptors (Lipinski definition) is 4. The van der Waals surface area contributed by atoms with E-state index in [1.54, 1.807) is 37.9 Å². The molecule has 2 N–H and O–H groups in total. The molecule has 8 heteroatoms. The first kappa shape index (κ1) is 12.8. The number of aromatic amines is 1. The van der Waals surface area contributed by atoms with E-state index in [0.717, 1.165) is 5.56 Å². The van der Waals surface area contributed by atoms with Gasteiger partial charge in [0.15, 0.2) is 5.03 Å². The molecule has 2 aromatic heterocycles. The van der Waals surface area contributed by atoms with Gasteiger partial charge in [-0.3, -0.25) is 5.10 Å². The average Bonchev–Trinajstić information content (AvgIpc) is 2.89. The Hall–Kier alpha value is -1.67. The van der Waals surface area contributed by atoms with Crippen molar-refractivity contribution in [3.8, 4) is 0 Å². The van der Waals surface area contributed by atoms with Crippen LogP contribution in [0.1, 0.15) is 24.4 Å². The molecule has 0 aromatic carbocycles. The van der Waals surface area contributed by atoms with Crippen LogP contribution in [0.15, 0.2) is 23.6 Å². The third kappa shape index (κ3) is 2.44. The lowest BCUT2D eigenvalue weighted by atomic mass is 10.2. The fourth-order valence-electron chi connectivity index (χ4n) is 1.51. The maximum absolute atomic E-state index is 12.1. The summed E-state index contributed by atoms with van der Waals surface area (Å²) in [7, 11) is -1.86. The fraction of sp³-hybridized carbons (Fsp3) is 0.400. The average molecular weight is 269 g/mol. The highest BCUT2D eigenvalue weighted by atomic mass is 32.2. The summed E-state index contributed by atoms with van der Waals surface area (Å²) in [6.45, 7) is 3.50. The van der Waals surface area contributed by atoms with Crippen LogP contribution in [0, 0.1) is 6.92 Å². The Morgan fingerprint density at radius 2 is 2.22 bits per heavy atom. The van der Waals surface area contributed by atoms with E-state index in [1.807, 2.05) is 0 Å². The van der Waals surface area contributed by atoms with Gasteiger partial charge in [-0.25, -0.2) is 18.1 Å². The van der Waals surface area contributed by atoms with Crippen molar-refractivity contribution in [1.82, 2.24) is 24.5 Å². The van der Waals surface area contributed by atoms with Crippen molar-refractivity contribution in [2.45, 2.75) is 24.9 Å². The summed E-state index contributed by atoms with van der Waals surface area (Å²) in [6, 6.07) is -0.365. The molecule has 0 aliphatic heterocycles. The molecule has 2 rings (SSSR count). The van der Waals surface area contributed by atoms with Crippen LogP contribution in [-0.4, -0.2) is 28.2 Å². The minimum atomic E-state index is -3.61. The van der Waals surface area contributed by atoms with Gasteiger partial charge in [0.25, 0.3) is 10.0 Å². The molecule has 0 saturated carbocycles. The highest BCUT2D eigenvalue weighted by Crippen LogP contribution is 2.15. The third-order valence-electron chi connectivity index (χ3n) is 2.71. The van der Waals surface area contributed by atoms with Crippen molar-refractivity contribution in [3.05, 3.63) is 30.0 Å². The van der Waals surface area contributed by atoms with E-state index in [-0.39, 0.29) is 11.1 Å². The van der Waals surface area contributed by atoms with Crippen LogP contribution in [0.5, 0.6) is 0 Å². The topological polar surface area (TPSA) is 92.7 Å². The molecule has 0 amide bonds.